The summed E-state index contributed by atoms with van der Waals surface area (Å²) in [6, 6.07) is 12.4. The maximum Gasteiger partial charge on any atom is 0.312 e. The maximum atomic E-state index is 12.0. The van der Waals surface area contributed by atoms with E-state index >= 15 is 0 Å². The van der Waals surface area contributed by atoms with Gasteiger partial charge < -0.3 is 15.0 Å². The van der Waals surface area contributed by atoms with E-state index in [9.17, 15) is 9.59 Å². The van der Waals surface area contributed by atoms with Gasteiger partial charge in [0.25, 0.3) is 0 Å². The van der Waals surface area contributed by atoms with Gasteiger partial charge in [0.15, 0.2) is 0 Å². The van der Waals surface area contributed by atoms with Crippen molar-refractivity contribution < 1.29 is 14.3 Å². The molecular weight excluding hydrogens is 318 g/mol. The van der Waals surface area contributed by atoms with Crippen LogP contribution in [0, 0.1) is 0 Å². The number of amides is 2. The Morgan fingerprint density at radius 1 is 1.12 bits per heavy atom. The van der Waals surface area contributed by atoms with E-state index in [0.29, 0.717) is 13.1 Å². The summed E-state index contributed by atoms with van der Waals surface area (Å²) in [4.78, 5) is 27.5. The lowest BCUT2D eigenvalue weighted by atomic mass is 10.0. The van der Waals surface area contributed by atoms with Crippen LogP contribution >= 0.6 is 0 Å². The van der Waals surface area contributed by atoms with Crippen LogP contribution in [-0.2, 0) is 16.1 Å². The normalized spacial score (nSPS) is 21.2. The number of methoxy groups -OCH3 is 1. The van der Waals surface area contributed by atoms with Crippen LogP contribution in [0.25, 0.3) is 10.8 Å². The zero-order valence-electron chi connectivity index (χ0n) is 14.2. The zero-order chi connectivity index (χ0) is 17.4. The number of carbonyl (C=O) groups is 2. The lowest BCUT2D eigenvalue weighted by Crippen LogP contribution is -2.65. The van der Waals surface area contributed by atoms with E-state index < -0.39 is 11.8 Å². The number of carbonyl (C=O) groups excluding carboxylic acids is 2. The molecule has 0 spiro atoms. The molecule has 2 aliphatic rings. The minimum absolute atomic E-state index is 0.0588. The summed E-state index contributed by atoms with van der Waals surface area (Å²) in [5.41, 5.74) is 1.25. The fraction of sp³-hybridized carbons (Fsp3) is 0.368. The molecule has 130 valence electrons. The van der Waals surface area contributed by atoms with Crippen LogP contribution in [0.2, 0.25) is 0 Å². The van der Waals surface area contributed by atoms with Gasteiger partial charge in [-0.05, 0) is 17.0 Å². The average molecular weight is 339 g/mol. The second-order valence-electron chi connectivity index (χ2n) is 6.57. The molecule has 25 heavy (non-hydrogen) atoms. The highest BCUT2D eigenvalue weighted by Crippen LogP contribution is 2.29. The largest absolute Gasteiger partial charge is 0.496 e. The van der Waals surface area contributed by atoms with Crippen molar-refractivity contribution in [3.63, 3.8) is 0 Å². The molecule has 2 aliphatic heterocycles. The molecular formula is C19H21N3O3. The lowest BCUT2D eigenvalue weighted by molar-refractivity contribution is -0.152. The molecule has 2 saturated heterocycles. The number of benzene rings is 2. The zero-order valence-corrected chi connectivity index (χ0v) is 14.2. The molecule has 1 unspecified atom stereocenters. The third-order valence-electron chi connectivity index (χ3n) is 5.11. The van der Waals surface area contributed by atoms with Gasteiger partial charge in [0.05, 0.1) is 13.2 Å². The Kier molecular flexibility index (Phi) is 4.05. The van der Waals surface area contributed by atoms with Crippen LogP contribution < -0.4 is 10.1 Å². The molecule has 0 radical (unpaired) electrons. The molecule has 0 bridgehead atoms. The molecule has 4 rings (SSSR count). The SMILES string of the molecule is COc1ccc(CN2CCN3C(=O)C(=O)NCC3C2)c2ccccc12. The monoisotopic (exact) mass is 339 g/mol. The van der Waals surface area contributed by atoms with Crippen molar-refractivity contribution >= 4 is 22.6 Å². The number of nitrogens with zero attached hydrogens (tertiary/aromatic N) is 2. The van der Waals surface area contributed by atoms with Crippen LogP contribution in [-0.4, -0.2) is 60.9 Å². The third-order valence-corrected chi connectivity index (χ3v) is 5.11. The molecule has 2 aromatic carbocycles. The van der Waals surface area contributed by atoms with Crippen molar-refractivity contribution in [1.29, 1.82) is 0 Å². The van der Waals surface area contributed by atoms with Crippen molar-refractivity contribution in [1.82, 2.24) is 15.1 Å². The average Bonchev–Trinajstić information content (AvgIpc) is 2.65. The fourth-order valence-corrected chi connectivity index (χ4v) is 3.81. The highest BCUT2D eigenvalue weighted by molar-refractivity contribution is 6.35. The Hall–Kier alpha value is -2.60. The topological polar surface area (TPSA) is 61.9 Å². The minimum atomic E-state index is -0.481. The molecule has 1 atom stereocenters. The summed E-state index contributed by atoms with van der Waals surface area (Å²) >= 11 is 0. The van der Waals surface area contributed by atoms with Gasteiger partial charge in [-0.1, -0.05) is 30.3 Å². The second kappa shape index (κ2) is 6.37. The summed E-state index contributed by atoms with van der Waals surface area (Å²) < 4.78 is 5.47. The number of rotatable bonds is 3. The number of ether oxygens (including phenoxy) is 1. The quantitative estimate of drug-likeness (QED) is 0.847. The minimum Gasteiger partial charge on any atom is -0.496 e. The van der Waals surface area contributed by atoms with Gasteiger partial charge in [0.1, 0.15) is 5.75 Å². The van der Waals surface area contributed by atoms with E-state index in [-0.39, 0.29) is 6.04 Å². The third kappa shape index (κ3) is 2.82. The number of piperazine rings is 2. The van der Waals surface area contributed by atoms with Gasteiger partial charge in [-0.3, -0.25) is 14.5 Å². The molecule has 0 aliphatic carbocycles. The molecule has 2 aromatic rings. The Morgan fingerprint density at radius 2 is 1.92 bits per heavy atom. The van der Waals surface area contributed by atoms with Crippen LogP contribution in [0.5, 0.6) is 5.75 Å². The molecule has 2 heterocycles. The summed E-state index contributed by atoms with van der Waals surface area (Å²) in [7, 11) is 1.69. The van der Waals surface area contributed by atoms with Crippen LogP contribution in [0.15, 0.2) is 36.4 Å². The molecule has 6 heteroatoms. The van der Waals surface area contributed by atoms with Crippen LogP contribution in [0.4, 0.5) is 0 Å². The highest BCUT2D eigenvalue weighted by Gasteiger charge is 2.37. The molecule has 6 nitrogen and oxygen atoms in total. The van der Waals surface area contributed by atoms with Gasteiger partial charge in [-0.25, -0.2) is 0 Å². The van der Waals surface area contributed by atoms with Crippen molar-refractivity contribution in [2.75, 3.05) is 33.3 Å². The van der Waals surface area contributed by atoms with Gasteiger partial charge in [-0.2, -0.15) is 0 Å². The Morgan fingerprint density at radius 3 is 2.72 bits per heavy atom. The van der Waals surface area contributed by atoms with Gasteiger partial charge in [0, 0.05) is 38.1 Å². The summed E-state index contributed by atoms with van der Waals surface area (Å²) in [5.74, 6) is 0.00130. The van der Waals surface area contributed by atoms with Crippen molar-refractivity contribution in [2.24, 2.45) is 0 Å². The number of hydrogen-bond acceptors (Lipinski definition) is 4. The first-order valence-corrected chi connectivity index (χ1v) is 8.53. The van der Waals surface area contributed by atoms with Crippen molar-refractivity contribution in [2.45, 2.75) is 12.6 Å². The van der Waals surface area contributed by atoms with E-state index in [1.54, 1.807) is 12.0 Å². The highest BCUT2D eigenvalue weighted by atomic mass is 16.5. The maximum absolute atomic E-state index is 12.0. The van der Waals surface area contributed by atoms with E-state index in [1.165, 1.54) is 10.9 Å². The van der Waals surface area contributed by atoms with E-state index in [0.717, 1.165) is 30.8 Å². The van der Waals surface area contributed by atoms with Gasteiger partial charge in [0.2, 0.25) is 0 Å². The molecule has 0 saturated carbocycles. The Bertz CT molecular complexity index is 836. The summed E-state index contributed by atoms with van der Waals surface area (Å²) in [5, 5.41) is 4.99. The summed E-state index contributed by atoms with van der Waals surface area (Å²) in [6.07, 6.45) is 0. The van der Waals surface area contributed by atoms with E-state index in [4.69, 9.17) is 4.74 Å². The molecule has 2 amide bonds. The van der Waals surface area contributed by atoms with Crippen LogP contribution in [0.1, 0.15) is 5.56 Å². The van der Waals surface area contributed by atoms with Gasteiger partial charge >= 0.3 is 11.8 Å². The number of fused-ring (bicyclic) bond motifs is 2. The number of nitrogens with one attached hydrogen (secondary N) is 1. The predicted molar refractivity (Wildman–Crippen MR) is 94.3 cm³/mol. The first-order valence-electron chi connectivity index (χ1n) is 8.53. The van der Waals surface area contributed by atoms with E-state index in [1.807, 2.05) is 18.2 Å². The smallest absolute Gasteiger partial charge is 0.312 e. The van der Waals surface area contributed by atoms with Crippen molar-refractivity contribution in [3.8, 4) is 5.75 Å². The second-order valence-corrected chi connectivity index (χ2v) is 6.57. The predicted octanol–water partition coefficient (Wildman–Crippen LogP) is 0.991. The summed E-state index contributed by atoms with van der Waals surface area (Å²) in [6.45, 7) is 3.49. The fourth-order valence-electron chi connectivity index (χ4n) is 3.81. The molecule has 1 N–H and O–H groups in total. The van der Waals surface area contributed by atoms with E-state index in [2.05, 4.69) is 28.4 Å². The van der Waals surface area contributed by atoms with Gasteiger partial charge in [-0.15, -0.1) is 0 Å². The van der Waals surface area contributed by atoms with Crippen LogP contribution in [0.3, 0.4) is 0 Å². The Balaban J connectivity index is 1.55. The standard InChI is InChI=1S/C19H21N3O3/c1-25-17-7-6-13(15-4-2-3-5-16(15)17)11-21-8-9-22-14(12-21)10-20-18(23)19(22)24/h2-7,14H,8-12H2,1H3,(H,20,23). The molecule has 0 aromatic heterocycles. The number of hydrogen-bond donors (Lipinski definition) is 1. The Labute approximate surface area is 146 Å². The lowest BCUT2D eigenvalue weighted by Gasteiger charge is -2.43. The molecule has 2 fully saturated rings. The first kappa shape index (κ1) is 15.9. The van der Waals surface area contributed by atoms with Crippen molar-refractivity contribution in [3.05, 3.63) is 42.0 Å². The first-order chi connectivity index (χ1) is 12.2.